The molecule has 6 heteroatoms. The summed E-state index contributed by atoms with van der Waals surface area (Å²) in [6, 6.07) is 0. The first-order valence-corrected chi connectivity index (χ1v) is 6.27. The van der Waals surface area contributed by atoms with Gasteiger partial charge in [0.25, 0.3) is 0 Å². The topological polar surface area (TPSA) is 81.2 Å². The summed E-state index contributed by atoms with van der Waals surface area (Å²) in [6.07, 6.45) is 0.535. The maximum absolute atomic E-state index is 11.1. The zero-order valence-electron chi connectivity index (χ0n) is 11.4. The van der Waals surface area contributed by atoms with E-state index in [1.165, 1.54) is 0 Å². The Morgan fingerprint density at radius 2 is 2.11 bits per heavy atom. The van der Waals surface area contributed by atoms with Gasteiger partial charge in [-0.3, -0.25) is 14.8 Å². The summed E-state index contributed by atoms with van der Waals surface area (Å²) >= 11 is 0. The maximum Gasteiger partial charge on any atom is 0.313 e. The van der Waals surface area contributed by atoms with Gasteiger partial charge in [0.15, 0.2) is 0 Å². The zero-order valence-corrected chi connectivity index (χ0v) is 11.4. The largest absolute Gasteiger partial charge is 0.392 e. The van der Waals surface area contributed by atoms with Gasteiger partial charge in [-0.25, -0.2) is 0 Å². The minimum atomic E-state index is -0.588. The lowest BCUT2D eigenvalue weighted by molar-refractivity contribution is -0.386. The monoisotopic (exact) mass is 255 g/mol. The Labute approximate surface area is 107 Å². The van der Waals surface area contributed by atoms with Crippen LogP contribution in [0.2, 0.25) is 0 Å². The molecule has 0 aliphatic heterocycles. The van der Waals surface area contributed by atoms with Crippen molar-refractivity contribution in [3.8, 4) is 0 Å². The number of aryl methyl sites for hydroxylation is 2. The van der Waals surface area contributed by atoms with E-state index in [1.54, 1.807) is 11.6 Å². The van der Waals surface area contributed by atoms with Crippen LogP contribution in [0.25, 0.3) is 0 Å². The normalized spacial score (nSPS) is 13.0. The number of nitro groups is 1. The second kappa shape index (κ2) is 5.95. The van der Waals surface area contributed by atoms with Crippen molar-refractivity contribution in [2.45, 2.75) is 53.2 Å². The maximum atomic E-state index is 11.1. The number of nitrogens with zero attached hydrogens (tertiary/aromatic N) is 3. The van der Waals surface area contributed by atoms with Gasteiger partial charge in [0.05, 0.1) is 11.0 Å². The van der Waals surface area contributed by atoms with Crippen LogP contribution in [0, 0.1) is 23.0 Å². The van der Waals surface area contributed by atoms with Crippen molar-refractivity contribution < 1.29 is 10.0 Å². The van der Waals surface area contributed by atoms with E-state index in [9.17, 15) is 15.2 Å². The summed E-state index contributed by atoms with van der Waals surface area (Å²) in [6.45, 7) is 8.05. The molecule has 0 saturated carbocycles. The van der Waals surface area contributed by atoms with Crippen LogP contribution in [-0.4, -0.2) is 25.9 Å². The number of aromatic nitrogens is 2. The Morgan fingerprint density at radius 1 is 1.50 bits per heavy atom. The third-order valence-corrected chi connectivity index (χ3v) is 2.99. The van der Waals surface area contributed by atoms with Gasteiger partial charge in [0.2, 0.25) is 0 Å². The van der Waals surface area contributed by atoms with E-state index in [0.29, 0.717) is 17.9 Å². The van der Waals surface area contributed by atoms with E-state index >= 15 is 0 Å². The molecular formula is C12H21N3O3. The molecule has 0 amide bonds. The van der Waals surface area contributed by atoms with Crippen LogP contribution >= 0.6 is 0 Å². The number of aliphatic hydroxyl groups is 1. The Kier molecular flexibility index (Phi) is 4.84. The van der Waals surface area contributed by atoms with Crippen molar-refractivity contribution in [2.75, 3.05) is 0 Å². The van der Waals surface area contributed by atoms with E-state index in [4.69, 9.17) is 0 Å². The third-order valence-electron chi connectivity index (χ3n) is 2.99. The number of rotatable bonds is 6. The van der Waals surface area contributed by atoms with E-state index in [-0.39, 0.29) is 18.0 Å². The minimum Gasteiger partial charge on any atom is -0.392 e. The Hall–Kier alpha value is -1.43. The fourth-order valence-corrected chi connectivity index (χ4v) is 1.89. The van der Waals surface area contributed by atoms with Gasteiger partial charge < -0.3 is 5.11 Å². The quantitative estimate of drug-likeness (QED) is 0.623. The predicted molar refractivity (Wildman–Crippen MR) is 68.5 cm³/mol. The van der Waals surface area contributed by atoms with Gasteiger partial charge in [0.1, 0.15) is 11.4 Å². The van der Waals surface area contributed by atoms with Crippen molar-refractivity contribution in [3.63, 3.8) is 0 Å². The molecule has 18 heavy (non-hydrogen) atoms. The van der Waals surface area contributed by atoms with Crippen LogP contribution < -0.4 is 0 Å². The highest BCUT2D eigenvalue weighted by Gasteiger charge is 2.27. The summed E-state index contributed by atoms with van der Waals surface area (Å²) in [4.78, 5) is 10.7. The molecule has 0 saturated heterocycles. The molecular weight excluding hydrogens is 234 g/mol. The van der Waals surface area contributed by atoms with Crippen molar-refractivity contribution >= 4 is 5.69 Å². The molecule has 1 unspecified atom stereocenters. The van der Waals surface area contributed by atoms with Crippen molar-refractivity contribution in [3.05, 3.63) is 21.5 Å². The summed E-state index contributed by atoms with van der Waals surface area (Å²) < 4.78 is 1.65. The van der Waals surface area contributed by atoms with Gasteiger partial charge in [-0.2, -0.15) is 5.10 Å². The molecule has 0 bridgehead atoms. The standard InChI is InChI=1S/C12H21N3O3/c1-5-6-14-10(7-11(16)8(2)3)12(15(17)18)9(4)13-14/h8,11,16H,5-7H2,1-4H3. The molecule has 1 N–H and O–H groups in total. The van der Waals surface area contributed by atoms with E-state index in [0.717, 1.165) is 6.42 Å². The number of hydrogen-bond acceptors (Lipinski definition) is 4. The number of hydrogen-bond donors (Lipinski definition) is 1. The molecule has 1 heterocycles. The van der Waals surface area contributed by atoms with Crippen LogP contribution in [0.3, 0.4) is 0 Å². The lowest BCUT2D eigenvalue weighted by Gasteiger charge is -2.14. The lowest BCUT2D eigenvalue weighted by atomic mass is 10.0. The summed E-state index contributed by atoms with van der Waals surface area (Å²) in [5, 5.41) is 25.2. The SMILES string of the molecule is CCCn1nc(C)c([N+](=O)[O-])c1CC(O)C(C)C. The molecule has 0 aromatic carbocycles. The van der Waals surface area contributed by atoms with Crippen LogP contribution in [-0.2, 0) is 13.0 Å². The van der Waals surface area contributed by atoms with Crippen molar-refractivity contribution in [2.24, 2.45) is 5.92 Å². The molecule has 0 fully saturated rings. The molecule has 1 aromatic heterocycles. The smallest absolute Gasteiger partial charge is 0.313 e. The highest BCUT2D eigenvalue weighted by Crippen LogP contribution is 2.25. The van der Waals surface area contributed by atoms with Gasteiger partial charge >= 0.3 is 5.69 Å². The molecule has 1 rings (SSSR count). The fourth-order valence-electron chi connectivity index (χ4n) is 1.89. The summed E-state index contributed by atoms with van der Waals surface area (Å²) in [7, 11) is 0. The Bertz CT molecular complexity index is 426. The average Bonchev–Trinajstić information content (AvgIpc) is 2.55. The molecule has 102 valence electrons. The highest BCUT2D eigenvalue weighted by atomic mass is 16.6. The highest BCUT2D eigenvalue weighted by molar-refractivity contribution is 5.41. The summed E-state index contributed by atoms with van der Waals surface area (Å²) in [5.41, 5.74) is 0.989. The van der Waals surface area contributed by atoms with Crippen LogP contribution in [0.5, 0.6) is 0 Å². The first-order chi connectivity index (χ1) is 8.38. The van der Waals surface area contributed by atoms with Gasteiger partial charge in [-0.05, 0) is 19.3 Å². The van der Waals surface area contributed by atoms with Crippen LogP contribution in [0.15, 0.2) is 0 Å². The second-order valence-corrected chi connectivity index (χ2v) is 4.88. The van der Waals surface area contributed by atoms with E-state index in [1.807, 2.05) is 20.8 Å². The van der Waals surface area contributed by atoms with Crippen molar-refractivity contribution in [1.82, 2.24) is 9.78 Å². The molecule has 0 aliphatic carbocycles. The Morgan fingerprint density at radius 3 is 2.56 bits per heavy atom. The second-order valence-electron chi connectivity index (χ2n) is 4.88. The van der Waals surface area contributed by atoms with Gasteiger partial charge in [-0.15, -0.1) is 0 Å². The predicted octanol–water partition coefficient (Wildman–Crippen LogP) is 2.07. The van der Waals surface area contributed by atoms with Gasteiger partial charge in [0, 0.05) is 13.0 Å². The van der Waals surface area contributed by atoms with Crippen LogP contribution in [0.1, 0.15) is 38.6 Å². The first-order valence-electron chi connectivity index (χ1n) is 6.27. The molecule has 1 aromatic rings. The molecule has 6 nitrogen and oxygen atoms in total. The zero-order chi connectivity index (χ0) is 13.9. The van der Waals surface area contributed by atoms with Crippen molar-refractivity contribution in [1.29, 1.82) is 0 Å². The molecule has 0 spiro atoms. The van der Waals surface area contributed by atoms with E-state index < -0.39 is 11.0 Å². The third kappa shape index (κ3) is 3.07. The molecule has 1 atom stereocenters. The number of aliphatic hydroxyl groups excluding tert-OH is 1. The Balaban J connectivity index is 3.15. The average molecular weight is 255 g/mol. The van der Waals surface area contributed by atoms with Gasteiger partial charge in [-0.1, -0.05) is 20.8 Å². The summed E-state index contributed by atoms with van der Waals surface area (Å²) in [5.74, 6) is 0.0647. The fraction of sp³-hybridized carbons (Fsp3) is 0.750. The lowest BCUT2D eigenvalue weighted by Crippen LogP contribution is -2.20. The van der Waals surface area contributed by atoms with Crippen LogP contribution in [0.4, 0.5) is 5.69 Å². The molecule has 0 aliphatic rings. The minimum absolute atomic E-state index is 0.0446. The van der Waals surface area contributed by atoms with E-state index in [2.05, 4.69) is 5.10 Å². The first kappa shape index (κ1) is 14.6. The molecule has 0 radical (unpaired) electrons.